The lowest BCUT2D eigenvalue weighted by Gasteiger charge is -2.17. The number of pyridine rings is 1. The van der Waals surface area contributed by atoms with Crippen LogP contribution in [0.1, 0.15) is 39.9 Å². The SMILES string of the molecule is CC(CNC1Cc2cccc(Oc3ccc(C(N)=O)cn3)c2C1)c1ccccc1. The van der Waals surface area contributed by atoms with Gasteiger partial charge in [0.15, 0.2) is 0 Å². The summed E-state index contributed by atoms with van der Waals surface area (Å²) in [7, 11) is 0. The van der Waals surface area contributed by atoms with E-state index in [4.69, 9.17) is 10.5 Å². The highest BCUT2D eigenvalue weighted by Gasteiger charge is 2.25. The highest BCUT2D eigenvalue weighted by Crippen LogP contribution is 2.33. The molecule has 1 aliphatic rings. The van der Waals surface area contributed by atoms with Gasteiger partial charge in [0, 0.05) is 24.8 Å². The van der Waals surface area contributed by atoms with Crippen LogP contribution in [0, 0.1) is 0 Å². The Morgan fingerprint density at radius 2 is 1.97 bits per heavy atom. The minimum absolute atomic E-state index is 0.368. The number of nitrogens with two attached hydrogens (primary N) is 1. The van der Waals surface area contributed by atoms with E-state index < -0.39 is 5.91 Å². The van der Waals surface area contributed by atoms with Crippen LogP contribution >= 0.6 is 0 Å². The topological polar surface area (TPSA) is 77.2 Å². The molecule has 0 saturated heterocycles. The number of aromatic nitrogens is 1. The first kappa shape index (κ1) is 19.2. The van der Waals surface area contributed by atoms with Crippen molar-refractivity contribution in [2.45, 2.75) is 31.7 Å². The molecule has 0 saturated carbocycles. The maximum Gasteiger partial charge on any atom is 0.250 e. The van der Waals surface area contributed by atoms with Gasteiger partial charge in [-0.3, -0.25) is 4.79 Å². The second-order valence-electron chi connectivity index (χ2n) is 7.57. The van der Waals surface area contributed by atoms with E-state index in [1.807, 2.05) is 12.1 Å². The van der Waals surface area contributed by atoms with Crippen LogP contribution in [0.4, 0.5) is 0 Å². The third kappa shape index (κ3) is 4.46. The molecule has 29 heavy (non-hydrogen) atoms. The van der Waals surface area contributed by atoms with E-state index in [9.17, 15) is 4.79 Å². The van der Waals surface area contributed by atoms with Crippen LogP contribution < -0.4 is 15.8 Å². The van der Waals surface area contributed by atoms with Crippen LogP contribution in [0.25, 0.3) is 0 Å². The number of primary amides is 1. The summed E-state index contributed by atoms with van der Waals surface area (Å²) in [5.74, 6) is 1.24. The molecular formula is C24H25N3O2. The molecule has 2 unspecified atom stereocenters. The van der Waals surface area contributed by atoms with Gasteiger partial charge in [0.2, 0.25) is 11.8 Å². The van der Waals surface area contributed by atoms with Gasteiger partial charge in [-0.05, 0) is 47.6 Å². The Kier molecular flexibility index (Phi) is 5.58. The molecule has 0 radical (unpaired) electrons. The lowest BCUT2D eigenvalue weighted by Crippen LogP contribution is -2.32. The Bertz CT molecular complexity index is 987. The highest BCUT2D eigenvalue weighted by atomic mass is 16.5. The molecule has 5 nitrogen and oxygen atoms in total. The second kappa shape index (κ2) is 8.45. The van der Waals surface area contributed by atoms with Gasteiger partial charge in [0.1, 0.15) is 5.75 Å². The first-order valence-corrected chi connectivity index (χ1v) is 9.93. The van der Waals surface area contributed by atoms with Crippen LogP contribution in [0.2, 0.25) is 0 Å². The third-order valence-electron chi connectivity index (χ3n) is 5.46. The van der Waals surface area contributed by atoms with E-state index in [-0.39, 0.29) is 0 Å². The van der Waals surface area contributed by atoms with Crippen molar-refractivity contribution in [2.24, 2.45) is 5.73 Å². The Labute approximate surface area is 170 Å². The first-order chi connectivity index (χ1) is 14.1. The Balaban J connectivity index is 1.40. The average Bonchev–Trinajstić information content (AvgIpc) is 3.17. The lowest BCUT2D eigenvalue weighted by atomic mass is 10.0. The number of ether oxygens (including phenoxy) is 1. The molecule has 1 aromatic heterocycles. The predicted molar refractivity (Wildman–Crippen MR) is 113 cm³/mol. The van der Waals surface area contributed by atoms with Crippen molar-refractivity contribution < 1.29 is 9.53 Å². The smallest absolute Gasteiger partial charge is 0.250 e. The normalized spacial score (nSPS) is 16.2. The van der Waals surface area contributed by atoms with Crippen molar-refractivity contribution >= 4 is 5.91 Å². The monoisotopic (exact) mass is 387 g/mol. The largest absolute Gasteiger partial charge is 0.439 e. The molecule has 3 N–H and O–H groups in total. The quantitative estimate of drug-likeness (QED) is 0.646. The first-order valence-electron chi connectivity index (χ1n) is 9.93. The number of carbonyl (C=O) groups excluding carboxylic acids is 1. The summed E-state index contributed by atoms with van der Waals surface area (Å²) < 4.78 is 6.01. The van der Waals surface area contributed by atoms with Gasteiger partial charge in [-0.15, -0.1) is 0 Å². The summed E-state index contributed by atoms with van der Waals surface area (Å²) in [6.45, 7) is 3.19. The predicted octanol–water partition coefficient (Wildman–Crippen LogP) is 3.83. The number of nitrogens with one attached hydrogen (secondary N) is 1. The Morgan fingerprint density at radius 1 is 1.14 bits per heavy atom. The van der Waals surface area contributed by atoms with Gasteiger partial charge in [-0.2, -0.15) is 0 Å². The van der Waals surface area contributed by atoms with E-state index in [0.29, 0.717) is 23.4 Å². The van der Waals surface area contributed by atoms with Gasteiger partial charge in [-0.25, -0.2) is 4.98 Å². The molecule has 1 heterocycles. The molecule has 2 aromatic carbocycles. The van der Waals surface area contributed by atoms with Crippen LogP contribution in [-0.4, -0.2) is 23.5 Å². The molecule has 148 valence electrons. The number of benzene rings is 2. The van der Waals surface area contributed by atoms with Crippen molar-refractivity contribution in [3.05, 3.63) is 89.1 Å². The number of hydrogen-bond donors (Lipinski definition) is 2. The number of rotatable bonds is 7. The Hall–Kier alpha value is -3.18. The standard InChI is InChI=1S/C24H25N3O2/c1-16(17-6-3-2-4-7-17)14-26-20-12-18-8-5-9-22(21(18)13-20)29-23-11-10-19(15-27-23)24(25)28/h2-11,15-16,20,26H,12-14H2,1H3,(H2,25,28). The van der Waals surface area contributed by atoms with Gasteiger partial charge < -0.3 is 15.8 Å². The zero-order chi connectivity index (χ0) is 20.2. The number of fused-ring (bicyclic) bond motifs is 1. The molecular weight excluding hydrogens is 362 g/mol. The fourth-order valence-corrected chi connectivity index (χ4v) is 3.80. The van der Waals surface area contributed by atoms with E-state index >= 15 is 0 Å². The van der Waals surface area contributed by atoms with Gasteiger partial charge >= 0.3 is 0 Å². The fraction of sp³-hybridized carbons (Fsp3) is 0.250. The summed E-state index contributed by atoms with van der Waals surface area (Å²) in [4.78, 5) is 15.4. The summed E-state index contributed by atoms with van der Waals surface area (Å²) in [5, 5.41) is 3.72. The summed E-state index contributed by atoms with van der Waals surface area (Å²) >= 11 is 0. The molecule has 0 bridgehead atoms. The molecule has 1 amide bonds. The van der Waals surface area contributed by atoms with E-state index in [0.717, 1.165) is 25.1 Å². The van der Waals surface area contributed by atoms with Crippen molar-refractivity contribution in [1.29, 1.82) is 0 Å². The molecule has 0 fully saturated rings. The van der Waals surface area contributed by atoms with Crippen molar-refractivity contribution in [1.82, 2.24) is 10.3 Å². The molecule has 0 aliphatic heterocycles. The summed E-state index contributed by atoms with van der Waals surface area (Å²) in [5.41, 5.74) is 9.51. The molecule has 4 rings (SSSR count). The number of hydrogen-bond acceptors (Lipinski definition) is 4. The fourth-order valence-electron chi connectivity index (χ4n) is 3.80. The minimum atomic E-state index is -0.497. The van der Waals surface area contributed by atoms with Gasteiger partial charge in [-0.1, -0.05) is 49.4 Å². The number of amides is 1. The molecule has 2 atom stereocenters. The maximum absolute atomic E-state index is 11.2. The zero-order valence-corrected chi connectivity index (χ0v) is 16.5. The molecule has 0 spiro atoms. The summed E-state index contributed by atoms with van der Waals surface area (Å²) in [6.07, 6.45) is 3.35. The summed E-state index contributed by atoms with van der Waals surface area (Å²) in [6, 6.07) is 20.4. The molecule has 3 aromatic rings. The van der Waals surface area contributed by atoms with Crippen LogP contribution in [0.15, 0.2) is 66.9 Å². The Morgan fingerprint density at radius 3 is 2.69 bits per heavy atom. The lowest BCUT2D eigenvalue weighted by molar-refractivity contribution is 0.1000. The maximum atomic E-state index is 11.2. The third-order valence-corrected chi connectivity index (χ3v) is 5.46. The van der Waals surface area contributed by atoms with Crippen LogP contribution in [0.3, 0.4) is 0 Å². The molecule has 1 aliphatic carbocycles. The minimum Gasteiger partial charge on any atom is -0.439 e. The van der Waals surface area contributed by atoms with Crippen molar-refractivity contribution in [3.8, 4) is 11.6 Å². The van der Waals surface area contributed by atoms with Gasteiger partial charge in [0.05, 0.1) is 5.56 Å². The zero-order valence-electron chi connectivity index (χ0n) is 16.5. The van der Waals surface area contributed by atoms with Crippen LogP contribution in [-0.2, 0) is 12.8 Å². The van der Waals surface area contributed by atoms with E-state index in [1.165, 1.54) is 22.9 Å². The van der Waals surface area contributed by atoms with E-state index in [2.05, 4.69) is 53.6 Å². The highest BCUT2D eigenvalue weighted by molar-refractivity contribution is 5.92. The number of carbonyl (C=O) groups is 1. The van der Waals surface area contributed by atoms with Crippen LogP contribution in [0.5, 0.6) is 11.6 Å². The second-order valence-corrected chi connectivity index (χ2v) is 7.57. The van der Waals surface area contributed by atoms with Crippen molar-refractivity contribution in [3.63, 3.8) is 0 Å². The van der Waals surface area contributed by atoms with Crippen molar-refractivity contribution in [2.75, 3.05) is 6.54 Å². The average molecular weight is 387 g/mol. The van der Waals surface area contributed by atoms with Gasteiger partial charge in [0.25, 0.3) is 0 Å². The van der Waals surface area contributed by atoms with E-state index in [1.54, 1.807) is 12.1 Å². The molecule has 5 heteroatoms. The number of nitrogens with zero attached hydrogens (tertiary/aromatic N) is 1.